The first kappa shape index (κ1) is 20.7. The average Bonchev–Trinajstić information content (AvgIpc) is 3.30. The minimum absolute atomic E-state index is 0.259. The van der Waals surface area contributed by atoms with Crippen molar-refractivity contribution in [1.82, 2.24) is 25.2 Å². The predicted molar refractivity (Wildman–Crippen MR) is 121 cm³/mol. The summed E-state index contributed by atoms with van der Waals surface area (Å²) in [5.74, 6) is 0.729. The van der Waals surface area contributed by atoms with Crippen LogP contribution in [0.1, 0.15) is 31.0 Å². The van der Waals surface area contributed by atoms with Crippen molar-refractivity contribution in [2.75, 3.05) is 10.7 Å². The number of aryl methyl sites for hydroxylation is 2. The van der Waals surface area contributed by atoms with Crippen LogP contribution in [-0.2, 0) is 7.05 Å². The molecule has 2 amide bonds. The van der Waals surface area contributed by atoms with Crippen molar-refractivity contribution in [1.29, 1.82) is 0 Å². The lowest BCUT2D eigenvalue weighted by atomic mass is 10.00. The SMILES string of the molecule is Cc1nn(C)c2nc(NNC(=O)Nc3csc(-c4ccccc4F)n3)cc(C(C)C)c12. The van der Waals surface area contributed by atoms with Gasteiger partial charge >= 0.3 is 6.03 Å². The van der Waals surface area contributed by atoms with Crippen molar-refractivity contribution >= 4 is 40.0 Å². The molecule has 0 unspecified atom stereocenters. The number of nitrogens with one attached hydrogen (secondary N) is 3. The molecular weight excluding hydrogens is 417 g/mol. The molecule has 31 heavy (non-hydrogen) atoms. The van der Waals surface area contributed by atoms with Gasteiger partial charge in [-0.1, -0.05) is 26.0 Å². The lowest BCUT2D eigenvalue weighted by Crippen LogP contribution is -2.34. The zero-order chi connectivity index (χ0) is 22.1. The Bertz CT molecular complexity index is 1260. The highest BCUT2D eigenvalue weighted by molar-refractivity contribution is 7.13. The van der Waals surface area contributed by atoms with Crippen LogP contribution >= 0.6 is 11.3 Å². The number of amides is 2. The summed E-state index contributed by atoms with van der Waals surface area (Å²) in [6.45, 7) is 6.15. The zero-order valence-corrected chi connectivity index (χ0v) is 18.3. The van der Waals surface area contributed by atoms with Gasteiger partial charge in [-0.05, 0) is 36.6 Å². The standard InChI is InChI=1S/C21H22FN7OS/c1-11(2)14-9-16(23-19-18(14)12(3)28-29(19)4)26-27-21(30)25-17-10-31-20(24-17)13-7-5-6-8-15(13)22/h5-11H,1-4H3,(H,23,26)(H2,25,27,30). The van der Waals surface area contributed by atoms with E-state index in [0.29, 0.717) is 22.2 Å². The van der Waals surface area contributed by atoms with Gasteiger partial charge in [0.2, 0.25) is 0 Å². The number of benzene rings is 1. The molecule has 8 nitrogen and oxygen atoms in total. The molecule has 0 fully saturated rings. The van der Waals surface area contributed by atoms with Gasteiger partial charge in [-0.15, -0.1) is 11.3 Å². The second kappa shape index (κ2) is 8.31. The highest BCUT2D eigenvalue weighted by Gasteiger charge is 2.16. The lowest BCUT2D eigenvalue weighted by Gasteiger charge is -2.13. The monoisotopic (exact) mass is 439 g/mol. The molecule has 3 N–H and O–H groups in total. The molecule has 0 atom stereocenters. The number of pyridine rings is 1. The van der Waals surface area contributed by atoms with Gasteiger partial charge in [0.15, 0.2) is 5.65 Å². The fourth-order valence-corrected chi connectivity index (χ4v) is 4.13. The number of aromatic nitrogens is 4. The third kappa shape index (κ3) is 4.19. The number of carbonyl (C=O) groups excluding carboxylic acids is 1. The number of halogens is 1. The number of fused-ring (bicyclic) bond motifs is 1. The van der Waals surface area contributed by atoms with Crippen molar-refractivity contribution < 1.29 is 9.18 Å². The number of thiazole rings is 1. The first-order valence-corrected chi connectivity index (χ1v) is 10.6. The molecule has 0 aliphatic carbocycles. The number of hydrogen-bond acceptors (Lipinski definition) is 6. The number of rotatable bonds is 5. The van der Waals surface area contributed by atoms with E-state index in [9.17, 15) is 9.18 Å². The van der Waals surface area contributed by atoms with Gasteiger partial charge in [0.1, 0.15) is 22.5 Å². The molecule has 10 heteroatoms. The first-order valence-electron chi connectivity index (χ1n) is 9.71. The number of hydrazine groups is 1. The Morgan fingerprint density at radius 2 is 1.97 bits per heavy atom. The Hall–Kier alpha value is -3.53. The van der Waals surface area contributed by atoms with Gasteiger partial charge in [0.05, 0.1) is 5.69 Å². The minimum Gasteiger partial charge on any atom is -0.290 e. The average molecular weight is 440 g/mol. The maximum absolute atomic E-state index is 13.9. The number of urea groups is 1. The molecule has 0 saturated heterocycles. The largest absolute Gasteiger partial charge is 0.339 e. The Morgan fingerprint density at radius 1 is 1.19 bits per heavy atom. The van der Waals surface area contributed by atoms with Crippen LogP contribution in [0.5, 0.6) is 0 Å². The predicted octanol–water partition coefficient (Wildman–Crippen LogP) is 4.81. The highest BCUT2D eigenvalue weighted by Crippen LogP contribution is 2.29. The quantitative estimate of drug-likeness (QED) is 0.388. The van der Waals surface area contributed by atoms with Crippen LogP contribution in [0.3, 0.4) is 0 Å². The molecule has 160 valence electrons. The summed E-state index contributed by atoms with van der Waals surface area (Å²) in [4.78, 5) is 21.2. The van der Waals surface area contributed by atoms with Gasteiger partial charge in [-0.2, -0.15) is 5.10 Å². The van der Waals surface area contributed by atoms with Crippen molar-refractivity contribution in [3.05, 3.63) is 52.8 Å². The van der Waals surface area contributed by atoms with Gasteiger partial charge in [0, 0.05) is 23.4 Å². The number of carbonyl (C=O) groups is 1. The molecule has 0 aliphatic heterocycles. The molecule has 0 spiro atoms. The first-order chi connectivity index (χ1) is 14.8. The van der Waals surface area contributed by atoms with E-state index in [1.807, 2.05) is 20.0 Å². The topological polar surface area (TPSA) is 96.8 Å². The molecule has 4 rings (SSSR count). The molecule has 3 aromatic heterocycles. The number of nitrogens with zero attached hydrogens (tertiary/aromatic N) is 4. The molecule has 0 bridgehead atoms. The maximum atomic E-state index is 13.9. The van der Waals surface area contributed by atoms with Crippen LogP contribution in [0.4, 0.5) is 20.8 Å². The van der Waals surface area contributed by atoms with E-state index in [-0.39, 0.29) is 11.7 Å². The van der Waals surface area contributed by atoms with E-state index < -0.39 is 6.03 Å². The Balaban J connectivity index is 1.47. The highest BCUT2D eigenvalue weighted by atomic mass is 32.1. The molecule has 0 saturated carbocycles. The summed E-state index contributed by atoms with van der Waals surface area (Å²) >= 11 is 1.25. The fourth-order valence-electron chi connectivity index (χ4n) is 3.36. The Morgan fingerprint density at radius 3 is 2.71 bits per heavy atom. The second-order valence-corrected chi connectivity index (χ2v) is 8.24. The minimum atomic E-state index is -0.514. The summed E-state index contributed by atoms with van der Waals surface area (Å²) in [7, 11) is 1.84. The van der Waals surface area contributed by atoms with Gasteiger partial charge in [0.25, 0.3) is 0 Å². The van der Waals surface area contributed by atoms with Crippen molar-refractivity contribution in [3.63, 3.8) is 0 Å². The summed E-state index contributed by atoms with van der Waals surface area (Å²) < 4.78 is 15.7. The summed E-state index contributed by atoms with van der Waals surface area (Å²) in [6, 6.07) is 7.77. The normalized spacial score (nSPS) is 11.2. The molecule has 0 radical (unpaired) electrons. The summed E-state index contributed by atoms with van der Waals surface area (Å²) in [5.41, 5.74) is 8.54. The molecular formula is C21H22FN7OS. The summed E-state index contributed by atoms with van der Waals surface area (Å²) in [5, 5.41) is 10.2. The van der Waals surface area contributed by atoms with E-state index in [1.54, 1.807) is 28.3 Å². The van der Waals surface area contributed by atoms with Crippen LogP contribution in [0, 0.1) is 12.7 Å². The Labute approximate surface area is 182 Å². The van der Waals surface area contributed by atoms with E-state index in [2.05, 4.69) is 45.1 Å². The maximum Gasteiger partial charge on any atom is 0.339 e. The summed E-state index contributed by atoms with van der Waals surface area (Å²) in [6.07, 6.45) is 0. The van der Waals surface area contributed by atoms with Crippen LogP contribution < -0.4 is 16.2 Å². The third-order valence-electron chi connectivity index (χ3n) is 4.78. The van der Waals surface area contributed by atoms with Crippen molar-refractivity contribution in [2.24, 2.45) is 7.05 Å². The van der Waals surface area contributed by atoms with E-state index >= 15 is 0 Å². The van der Waals surface area contributed by atoms with E-state index in [1.165, 1.54) is 17.4 Å². The molecule has 3 heterocycles. The molecule has 0 aliphatic rings. The van der Waals surface area contributed by atoms with Crippen LogP contribution in [-0.4, -0.2) is 25.8 Å². The van der Waals surface area contributed by atoms with Crippen LogP contribution in [0.2, 0.25) is 0 Å². The number of anilines is 2. The smallest absolute Gasteiger partial charge is 0.290 e. The third-order valence-corrected chi connectivity index (χ3v) is 5.65. The second-order valence-electron chi connectivity index (χ2n) is 7.38. The van der Waals surface area contributed by atoms with Crippen molar-refractivity contribution in [2.45, 2.75) is 26.7 Å². The van der Waals surface area contributed by atoms with Crippen molar-refractivity contribution in [3.8, 4) is 10.6 Å². The lowest BCUT2D eigenvalue weighted by molar-refractivity contribution is 0.253. The fraction of sp³-hybridized carbons (Fsp3) is 0.238. The van der Waals surface area contributed by atoms with Crippen LogP contribution in [0.25, 0.3) is 21.6 Å². The molecule has 4 aromatic rings. The Kier molecular flexibility index (Phi) is 5.55. The van der Waals surface area contributed by atoms with Gasteiger partial charge in [-0.25, -0.2) is 24.6 Å². The van der Waals surface area contributed by atoms with Crippen LogP contribution in [0.15, 0.2) is 35.7 Å². The zero-order valence-electron chi connectivity index (χ0n) is 17.5. The van der Waals surface area contributed by atoms with Gasteiger partial charge in [-0.3, -0.25) is 15.4 Å². The molecule has 1 aromatic carbocycles. The van der Waals surface area contributed by atoms with Gasteiger partial charge < -0.3 is 0 Å². The van der Waals surface area contributed by atoms with E-state index in [0.717, 1.165) is 22.3 Å². The number of hydrogen-bond donors (Lipinski definition) is 3. The van der Waals surface area contributed by atoms with E-state index in [4.69, 9.17) is 0 Å².